The van der Waals surface area contributed by atoms with Crippen LogP contribution in [0.4, 0.5) is 5.00 Å². The summed E-state index contributed by atoms with van der Waals surface area (Å²) in [6, 6.07) is 6.11. The maximum atomic E-state index is 12.9. The number of thiophene rings is 1. The molecule has 3 heterocycles. The summed E-state index contributed by atoms with van der Waals surface area (Å²) in [5.74, 6) is 0.628. The molecule has 31 heavy (non-hydrogen) atoms. The number of nitriles is 1. The van der Waals surface area contributed by atoms with Crippen LogP contribution in [0.25, 0.3) is 11.4 Å². The monoisotopic (exact) mass is 452 g/mol. The standard InChI is InChI=1S/C22H24N6OS2/c1-3-28-19(15-9-11-24-12-10-15)26-27-22(28)30-14(2)20(29)25-21-17(13-23)16-7-5-4-6-8-18(16)31-21/h9-12,14H,3-8H2,1-2H3,(H,25,29)/t14-/m0/s1. The van der Waals surface area contributed by atoms with Crippen molar-refractivity contribution >= 4 is 34.0 Å². The molecule has 0 aliphatic heterocycles. The van der Waals surface area contributed by atoms with Crippen LogP contribution in [0.2, 0.25) is 0 Å². The van der Waals surface area contributed by atoms with Crippen LogP contribution >= 0.6 is 23.1 Å². The second-order valence-electron chi connectivity index (χ2n) is 7.42. The van der Waals surface area contributed by atoms with Crippen molar-refractivity contribution in [1.82, 2.24) is 19.7 Å². The van der Waals surface area contributed by atoms with Gasteiger partial charge in [-0.3, -0.25) is 9.78 Å². The molecule has 0 fully saturated rings. The summed E-state index contributed by atoms with van der Waals surface area (Å²) in [6.45, 7) is 4.57. The SMILES string of the molecule is CCn1c(S[C@@H](C)C(=O)Nc2sc3c(c2C#N)CCCCC3)nnc1-c1ccncc1. The summed E-state index contributed by atoms with van der Waals surface area (Å²) in [4.78, 5) is 18.2. The van der Waals surface area contributed by atoms with Gasteiger partial charge >= 0.3 is 0 Å². The topological polar surface area (TPSA) is 96.5 Å². The minimum atomic E-state index is -0.381. The number of amides is 1. The lowest BCUT2D eigenvalue weighted by Crippen LogP contribution is -2.23. The van der Waals surface area contributed by atoms with Crippen LogP contribution in [0.3, 0.4) is 0 Å². The fourth-order valence-electron chi connectivity index (χ4n) is 3.75. The lowest BCUT2D eigenvalue weighted by atomic mass is 10.1. The minimum Gasteiger partial charge on any atom is -0.316 e. The number of carbonyl (C=O) groups excluding carboxylic acids is 1. The number of rotatable bonds is 6. The van der Waals surface area contributed by atoms with Crippen LogP contribution in [-0.4, -0.2) is 30.9 Å². The molecule has 0 saturated carbocycles. The van der Waals surface area contributed by atoms with Gasteiger partial charge in [-0.25, -0.2) is 0 Å². The van der Waals surface area contributed by atoms with Gasteiger partial charge in [-0.15, -0.1) is 21.5 Å². The van der Waals surface area contributed by atoms with Gasteiger partial charge in [-0.1, -0.05) is 18.2 Å². The fraction of sp³-hybridized carbons (Fsp3) is 0.409. The number of pyridine rings is 1. The average Bonchev–Trinajstić information content (AvgIpc) is 3.25. The predicted octanol–water partition coefficient (Wildman–Crippen LogP) is 4.68. The van der Waals surface area contributed by atoms with Crippen molar-refractivity contribution in [2.24, 2.45) is 0 Å². The summed E-state index contributed by atoms with van der Waals surface area (Å²) >= 11 is 2.93. The minimum absolute atomic E-state index is 0.131. The van der Waals surface area contributed by atoms with Gasteiger partial charge in [0.05, 0.1) is 10.8 Å². The van der Waals surface area contributed by atoms with Crippen molar-refractivity contribution < 1.29 is 4.79 Å². The van der Waals surface area contributed by atoms with E-state index in [1.807, 2.05) is 30.5 Å². The molecule has 7 nitrogen and oxygen atoms in total. The van der Waals surface area contributed by atoms with E-state index in [1.54, 1.807) is 23.7 Å². The number of carbonyl (C=O) groups is 1. The van der Waals surface area contributed by atoms with E-state index in [4.69, 9.17) is 0 Å². The van der Waals surface area contributed by atoms with E-state index in [-0.39, 0.29) is 11.2 Å². The first kappa shape index (κ1) is 21.5. The zero-order valence-electron chi connectivity index (χ0n) is 17.6. The first-order chi connectivity index (χ1) is 15.1. The number of aromatic nitrogens is 4. The molecule has 9 heteroatoms. The van der Waals surface area contributed by atoms with E-state index in [0.29, 0.717) is 22.3 Å². The van der Waals surface area contributed by atoms with Crippen LogP contribution in [0.1, 0.15) is 49.1 Å². The van der Waals surface area contributed by atoms with E-state index in [9.17, 15) is 10.1 Å². The Hall–Kier alpha value is -2.70. The Kier molecular flexibility index (Phi) is 6.68. The van der Waals surface area contributed by atoms with Gasteiger partial charge in [0.15, 0.2) is 11.0 Å². The Morgan fingerprint density at radius 3 is 2.81 bits per heavy atom. The first-order valence-electron chi connectivity index (χ1n) is 10.5. The maximum Gasteiger partial charge on any atom is 0.238 e. The molecule has 4 rings (SSSR count). The van der Waals surface area contributed by atoms with Crippen molar-refractivity contribution in [2.75, 3.05) is 5.32 Å². The summed E-state index contributed by atoms with van der Waals surface area (Å²) in [7, 11) is 0. The lowest BCUT2D eigenvalue weighted by molar-refractivity contribution is -0.115. The third-order valence-corrected chi connectivity index (χ3v) is 7.68. The molecular weight excluding hydrogens is 428 g/mol. The molecule has 1 aliphatic carbocycles. The van der Waals surface area contributed by atoms with E-state index >= 15 is 0 Å². The highest BCUT2D eigenvalue weighted by Gasteiger charge is 2.24. The summed E-state index contributed by atoms with van der Waals surface area (Å²) < 4.78 is 2.00. The molecule has 0 radical (unpaired) electrons. The highest BCUT2D eigenvalue weighted by molar-refractivity contribution is 8.00. The van der Waals surface area contributed by atoms with Gasteiger partial charge in [0.2, 0.25) is 5.91 Å². The molecule has 0 saturated heterocycles. The van der Waals surface area contributed by atoms with Gasteiger partial charge in [0.1, 0.15) is 11.1 Å². The Labute approximate surface area is 189 Å². The zero-order valence-corrected chi connectivity index (χ0v) is 19.2. The number of hydrogen-bond acceptors (Lipinski definition) is 7. The molecule has 0 bridgehead atoms. The van der Waals surface area contributed by atoms with Gasteiger partial charge in [0, 0.05) is 29.4 Å². The van der Waals surface area contributed by atoms with E-state index in [1.165, 1.54) is 23.1 Å². The summed E-state index contributed by atoms with van der Waals surface area (Å²) in [5, 5.41) is 22.3. The second-order valence-corrected chi connectivity index (χ2v) is 9.83. The van der Waals surface area contributed by atoms with Crippen molar-refractivity contribution in [2.45, 2.75) is 62.9 Å². The van der Waals surface area contributed by atoms with Gasteiger partial charge in [0.25, 0.3) is 0 Å². The fourth-order valence-corrected chi connectivity index (χ4v) is 5.91. The number of aryl methyl sites for hydroxylation is 1. The smallest absolute Gasteiger partial charge is 0.238 e. The molecule has 3 aromatic rings. The molecule has 1 aliphatic rings. The Morgan fingerprint density at radius 2 is 2.06 bits per heavy atom. The molecule has 1 N–H and O–H groups in total. The summed E-state index contributed by atoms with van der Waals surface area (Å²) in [5.41, 5.74) is 2.71. The van der Waals surface area contributed by atoms with E-state index in [2.05, 4.69) is 26.6 Å². The van der Waals surface area contributed by atoms with Crippen LogP contribution in [0.15, 0.2) is 29.7 Å². The van der Waals surface area contributed by atoms with Crippen molar-refractivity contribution in [1.29, 1.82) is 5.26 Å². The number of hydrogen-bond donors (Lipinski definition) is 1. The third kappa shape index (κ3) is 4.50. The number of thioether (sulfide) groups is 1. The van der Waals surface area contributed by atoms with E-state index in [0.717, 1.165) is 42.6 Å². The molecule has 0 spiro atoms. The average molecular weight is 453 g/mol. The number of anilines is 1. The van der Waals surface area contributed by atoms with E-state index < -0.39 is 0 Å². The van der Waals surface area contributed by atoms with Gasteiger partial charge in [-0.2, -0.15) is 5.26 Å². The molecule has 160 valence electrons. The predicted molar refractivity (Wildman–Crippen MR) is 123 cm³/mol. The first-order valence-corrected chi connectivity index (χ1v) is 12.2. The van der Waals surface area contributed by atoms with Crippen molar-refractivity contribution in [3.63, 3.8) is 0 Å². The largest absolute Gasteiger partial charge is 0.316 e. The van der Waals surface area contributed by atoms with Crippen molar-refractivity contribution in [3.8, 4) is 17.5 Å². The molecule has 1 amide bonds. The maximum absolute atomic E-state index is 12.9. The van der Waals surface area contributed by atoms with Crippen LogP contribution in [-0.2, 0) is 24.2 Å². The lowest BCUT2D eigenvalue weighted by Gasteiger charge is -2.12. The Balaban J connectivity index is 1.50. The second kappa shape index (κ2) is 9.62. The highest BCUT2D eigenvalue weighted by Crippen LogP contribution is 2.37. The molecular formula is C22H24N6OS2. The number of nitrogens with zero attached hydrogens (tertiary/aromatic N) is 5. The summed E-state index contributed by atoms with van der Waals surface area (Å²) in [6.07, 6.45) is 8.80. The normalized spacial score (nSPS) is 14.4. The Morgan fingerprint density at radius 1 is 1.29 bits per heavy atom. The zero-order chi connectivity index (χ0) is 21.8. The van der Waals surface area contributed by atoms with Crippen LogP contribution < -0.4 is 5.32 Å². The third-order valence-electron chi connectivity index (χ3n) is 5.39. The quantitative estimate of drug-likeness (QED) is 0.431. The van der Waals surface area contributed by atoms with Gasteiger partial charge < -0.3 is 9.88 Å². The van der Waals surface area contributed by atoms with Crippen LogP contribution in [0, 0.1) is 11.3 Å². The molecule has 0 unspecified atom stereocenters. The highest BCUT2D eigenvalue weighted by atomic mass is 32.2. The Bertz CT molecular complexity index is 1120. The van der Waals surface area contributed by atoms with Crippen LogP contribution in [0.5, 0.6) is 0 Å². The van der Waals surface area contributed by atoms with Crippen molar-refractivity contribution in [3.05, 3.63) is 40.5 Å². The van der Waals surface area contributed by atoms with Gasteiger partial charge in [-0.05, 0) is 57.2 Å². The molecule has 3 aromatic heterocycles. The molecule has 0 aromatic carbocycles. The number of nitrogens with one attached hydrogen (secondary N) is 1. The molecule has 1 atom stereocenters. The number of fused-ring (bicyclic) bond motifs is 1.